The number of aryl methyl sites for hydroxylation is 1. The largest absolute Gasteiger partial charge is 0.484 e. The van der Waals surface area contributed by atoms with E-state index in [1.807, 2.05) is 42.5 Å². The molecule has 2 aliphatic heterocycles. The van der Waals surface area contributed by atoms with E-state index in [2.05, 4.69) is 5.32 Å². The minimum absolute atomic E-state index is 0.0102. The third-order valence-electron chi connectivity index (χ3n) is 4.93. The van der Waals surface area contributed by atoms with E-state index >= 15 is 0 Å². The number of carbonyl (C=O) groups is 2. The molecule has 27 heavy (non-hydrogen) atoms. The standard InChI is InChI=1S/C21H22N2O4/c24-20-9-7-15-6-8-17(12-18(15)22-20)27-14-21(25)23-10-11-26-19(13-23)16-4-2-1-3-5-16/h1-6,8,12,19H,7,9-11,13-14H2,(H,22,24)/t19-/m1/s1. The van der Waals surface area contributed by atoms with Crippen molar-refractivity contribution in [2.75, 3.05) is 31.6 Å². The molecule has 2 amide bonds. The van der Waals surface area contributed by atoms with E-state index in [4.69, 9.17) is 9.47 Å². The molecule has 0 saturated carbocycles. The molecule has 0 radical (unpaired) electrons. The van der Waals surface area contributed by atoms with Crippen molar-refractivity contribution in [2.24, 2.45) is 0 Å². The Bertz CT molecular complexity index is 837. The average Bonchev–Trinajstić information content (AvgIpc) is 2.72. The molecule has 140 valence electrons. The zero-order valence-electron chi connectivity index (χ0n) is 15.0. The van der Waals surface area contributed by atoms with Crippen LogP contribution in [0.4, 0.5) is 5.69 Å². The van der Waals surface area contributed by atoms with Gasteiger partial charge in [0.2, 0.25) is 5.91 Å². The Morgan fingerprint density at radius 2 is 2.04 bits per heavy atom. The van der Waals surface area contributed by atoms with Gasteiger partial charge in [0, 0.05) is 24.7 Å². The molecule has 1 N–H and O–H groups in total. The first-order valence-electron chi connectivity index (χ1n) is 9.19. The smallest absolute Gasteiger partial charge is 0.260 e. The maximum Gasteiger partial charge on any atom is 0.260 e. The van der Waals surface area contributed by atoms with Gasteiger partial charge >= 0.3 is 0 Å². The van der Waals surface area contributed by atoms with E-state index < -0.39 is 0 Å². The van der Waals surface area contributed by atoms with E-state index in [0.29, 0.717) is 31.9 Å². The molecule has 1 fully saturated rings. The third-order valence-corrected chi connectivity index (χ3v) is 4.93. The molecule has 2 heterocycles. The lowest BCUT2D eigenvalue weighted by Gasteiger charge is -2.33. The highest BCUT2D eigenvalue weighted by molar-refractivity contribution is 5.94. The lowest BCUT2D eigenvalue weighted by molar-refractivity contribution is -0.141. The minimum atomic E-state index is -0.108. The van der Waals surface area contributed by atoms with Crippen LogP contribution in [-0.4, -0.2) is 43.0 Å². The second kappa shape index (κ2) is 7.80. The van der Waals surface area contributed by atoms with Gasteiger partial charge in [-0.3, -0.25) is 9.59 Å². The fraction of sp³-hybridized carbons (Fsp3) is 0.333. The van der Waals surface area contributed by atoms with Crippen molar-refractivity contribution in [3.63, 3.8) is 0 Å². The van der Waals surface area contributed by atoms with Crippen LogP contribution in [0.5, 0.6) is 5.75 Å². The van der Waals surface area contributed by atoms with Crippen molar-refractivity contribution in [3.8, 4) is 5.75 Å². The molecule has 1 atom stereocenters. The van der Waals surface area contributed by atoms with Gasteiger partial charge in [-0.25, -0.2) is 0 Å². The minimum Gasteiger partial charge on any atom is -0.484 e. The van der Waals surface area contributed by atoms with Gasteiger partial charge in [-0.1, -0.05) is 36.4 Å². The van der Waals surface area contributed by atoms with Crippen molar-refractivity contribution < 1.29 is 19.1 Å². The molecule has 2 aromatic rings. The Balaban J connectivity index is 1.35. The van der Waals surface area contributed by atoms with Crippen LogP contribution in [0, 0.1) is 0 Å². The number of rotatable bonds is 4. The van der Waals surface area contributed by atoms with Crippen LogP contribution in [0.3, 0.4) is 0 Å². The summed E-state index contributed by atoms with van der Waals surface area (Å²) in [7, 11) is 0. The highest BCUT2D eigenvalue weighted by Gasteiger charge is 2.25. The SMILES string of the molecule is O=C1CCc2ccc(OCC(=O)N3CCO[C@@H](c4ccccc4)C3)cc2N1. The van der Waals surface area contributed by atoms with Crippen LogP contribution in [0.2, 0.25) is 0 Å². The predicted octanol–water partition coefficient (Wildman–Crippen LogP) is 2.55. The lowest BCUT2D eigenvalue weighted by atomic mass is 10.0. The normalized spacial score (nSPS) is 19.2. The van der Waals surface area contributed by atoms with Crippen LogP contribution in [0.25, 0.3) is 0 Å². The number of carbonyl (C=O) groups excluding carboxylic acids is 2. The van der Waals surface area contributed by atoms with Gasteiger partial charge in [0.15, 0.2) is 6.61 Å². The van der Waals surface area contributed by atoms with Gasteiger partial charge in [-0.05, 0) is 23.6 Å². The molecule has 6 nitrogen and oxygen atoms in total. The number of nitrogens with zero attached hydrogens (tertiary/aromatic N) is 1. The first-order valence-corrected chi connectivity index (χ1v) is 9.19. The van der Waals surface area contributed by atoms with Crippen LogP contribution in [0.1, 0.15) is 23.7 Å². The number of ether oxygens (including phenoxy) is 2. The van der Waals surface area contributed by atoms with Gasteiger partial charge in [0.1, 0.15) is 11.9 Å². The van der Waals surface area contributed by atoms with Gasteiger partial charge in [0.25, 0.3) is 5.91 Å². The fourth-order valence-electron chi connectivity index (χ4n) is 3.42. The zero-order chi connectivity index (χ0) is 18.6. The van der Waals surface area contributed by atoms with Crippen LogP contribution in [0.15, 0.2) is 48.5 Å². The summed E-state index contributed by atoms with van der Waals surface area (Å²) in [5.74, 6) is 0.522. The highest BCUT2D eigenvalue weighted by atomic mass is 16.5. The number of amides is 2. The summed E-state index contributed by atoms with van der Waals surface area (Å²) in [6.07, 6.45) is 1.13. The topological polar surface area (TPSA) is 67.9 Å². The maximum absolute atomic E-state index is 12.6. The first-order chi connectivity index (χ1) is 13.2. The van der Waals surface area contributed by atoms with Gasteiger partial charge < -0.3 is 19.7 Å². The van der Waals surface area contributed by atoms with Crippen LogP contribution >= 0.6 is 0 Å². The molecular formula is C21H22N2O4. The zero-order valence-corrected chi connectivity index (χ0v) is 15.0. The van der Waals surface area contributed by atoms with Gasteiger partial charge in [0.05, 0.1) is 13.2 Å². The molecule has 6 heteroatoms. The van der Waals surface area contributed by atoms with E-state index in [1.54, 1.807) is 11.0 Å². The van der Waals surface area contributed by atoms with Crippen LogP contribution in [-0.2, 0) is 20.7 Å². The molecule has 0 spiro atoms. The molecule has 4 rings (SSSR count). The van der Waals surface area contributed by atoms with Crippen molar-refractivity contribution >= 4 is 17.5 Å². The molecule has 0 aromatic heterocycles. The summed E-state index contributed by atoms with van der Waals surface area (Å²) in [4.78, 5) is 25.9. The monoisotopic (exact) mass is 366 g/mol. The third kappa shape index (κ3) is 4.11. The second-order valence-corrected chi connectivity index (χ2v) is 6.77. The van der Waals surface area contributed by atoms with Crippen molar-refractivity contribution in [1.82, 2.24) is 4.90 Å². The van der Waals surface area contributed by atoms with E-state index in [-0.39, 0.29) is 24.5 Å². The maximum atomic E-state index is 12.6. The van der Waals surface area contributed by atoms with Crippen LogP contribution < -0.4 is 10.1 Å². The number of nitrogens with one attached hydrogen (secondary N) is 1. The second-order valence-electron chi connectivity index (χ2n) is 6.77. The molecule has 0 bridgehead atoms. The Morgan fingerprint density at radius 3 is 2.89 bits per heavy atom. The molecule has 2 aromatic carbocycles. The van der Waals surface area contributed by atoms with Crippen molar-refractivity contribution in [3.05, 3.63) is 59.7 Å². The van der Waals surface area contributed by atoms with Gasteiger partial charge in [-0.15, -0.1) is 0 Å². The molecule has 0 aliphatic carbocycles. The molecule has 2 aliphatic rings. The number of fused-ring (bicyclic) bond motifs is 1. The summed E-state index contributed by atoms with van der Waals surface area (Å²) in [6, 6.07) is 15.5. The Hall–Kier alpha value is -2.86. The highest BCUT2D eigenvalue weighted by Crippen LogP contribution is 2.27. The molecule has 0 unspecified atom stereocenters. The summed E-state index contributed by atoms with van der Waals surface area (Å²) < 4.78 is 11.5. The average molecular weight is 366 g/mol. The van der Waals surface area contributed by atoms with E-state index in [1.165, 1.54) is 0 Å². The predicted molar refractivity (Wildman–Crippen MR) is 101 cm³/mol. The number of hydrogen-bond acceptors (Lipinski definition) is 4. The molecule has 1 saturated heterocycles. The Labute approximate surface area is 158 Å². The molecular weight excluding hydrogens is 344 g/mol. The number of hydrogen-bond donors (Lipinski definition) is 1. The quantitative estimate of drug-likeness (QED) is 0.903. The first kappa shape index (κ1) is 17.5. The van der Waals surface area contributed by atoms with E-state index in [0.717, 1.165) is 23.2 Å². The number of benzene rings is 2. The Morgan fingerprint density at radius 1 is 1.19 bits per heavy atom. The summed E-state index contributed by atoms with van der Waals surface area (Å²) >= 11 is 0. The van der Waals surface area contributed by atoms with E-state index in [9.17, 15) is 9.59 Å². The number of anilines is 1. The van der Waals surface area contributed by atoms with Crippen molar-refractivity contribution in [1.29, 1.82) is 0 Å². The fourth-order valence-corrected chi connectivity index (χ4v) is 3.42. The van der Waals surface area contributed by atoms with Crippen molar-refractivity contribution in [2.45, 2.75) is 18.9 Å². The summed E-state index contributed by atoms with van der Waals surface area (Å²) in [5, 5.41) is 2.84. The summed E-state index contributed by atoms with van der Waals surface area (Å²) in [5.41, 5.74) is 2.93. The summed E-state index contributed by atoms with van der Waals surface area (Å²) in [6.45, 7) is 1.56. The van der Waals surface area contributed by atoms with Gasteiger partial charge in [-0.2, -0.15) is 0 Å². The number of morpholine rings is 1. The lowest BCUT2D eigenvalue weighted by Crippen LogP contribution is -2.44. The Kier molecular flexibility index (Phi) is 5.07.